The quantitative estimate of drug-likeness (QED) is 0.708. The maximum absolute atomic E-state index is 12.2. The van der Waals surface area contributed by atoms with E-state index in [0.29, 0.717) is 0 Å². The van der Waals surface area contributed by atoms with Crippen molar-refractivity contribution >= 4 is 33.9 Å². The second kappa shape index (κ2) is 6.97. The molecule has 0 radical (unpaired) electrons. The van der Waals surface area contributed by atoms with Crippen LogP contribution in [-0.2, 0) is 4.79 Å². The van der Waals surface area contributed by atoms with Crippen molar-refractivity contribution in [1.82, 2.24) is 4.98 Å². The number of nitrogens with zero attached hydrogens (tertiary/aromatic N) is 1. The lowest BCUT2D eigenvalue weighted by Crippen LogP contribution is -2.12. The van der Waals surface area contributed by atoms with Gasteiger partial charge in [-0.3, -0.25) is 9.78 Å². The van der Waals surface area contributed by atoms with E-state index in [-0.39, 0.29) is 11.3 Å². The van der Waals surface area contributed by atoms with Crippen LogP contribution in [0.4, 0.5) is 5.69 Å². The number of aromatic carboxylic acids is 1. The van der Waals surface area contributed by atoms with E-state index in [0.717, 1.165) is 21.9 Å². The van der Waals surface area contributed by atoms with Crippen LogP contribution in [0.3, 0.4) is 0 Å². The fourth-order valence-electron chi connectivity index (χ4n) is 2.56. The average molecular weight is 332 g/mol. The van der Waals surface area contributed by atoms with Crippen molar-refractivity contribution < 1.29 is 14.7 Å². The number of carboxylic acids is 1. The molecule has 0 aliphatic carbocycles. The van der Waals surface area contributed by atoms with Gasteiger partial charge >= 0.3 is 5.97 Å². The summed E-state index contributed by atoms with van der Waals surface area (Å²) in [5.74, 6) is -1.52. The summed E-state index contributed by atoms with van der Waals surface area (Å²) in [6.45, 7) is 1.84. The van der Waals surface area contributed by atoms with Gasteiger partial charge < -0.3 is 10.4 Å². The van der Waals surface area contributed by atoms with Crippen LogP contribution >= 0.6 is 0 Å². The second-order valence-corrected chi connectivity index (χ2v) is 5.60. The Kier molecular flexibility index (Phi) is 4.57. The minimum absolute atomic E-state index is 0.000100. The number of hydrogen-bond donors (Lipinski definition) is 2. The molecule has 2 N–H and O–H groups in total. The molecule has 2 aromatic carbocycles. The van der Waals surface area contributed by atoms with E-state index in [1.54, 1.807) is 0 Å². The van der Waals surface area contributed by atoms with Crippen LogP contribution in [0, 0.1) is 0 Å². The van der Waals surface area contributed by atoms with Crippen molar-refractivity contribution in [3.05, 3.63) is 78.1 Å². The summed E-state index contributed by atoms with van der Waals surface area (Å²) in [5.41, 5.74) is 1.88. The van der Waals surface area contributed by atoms with Crippen LogP contribution in [0.2, 0.25) is 0 Å². The van der Waals surface area contributed by atoms with Gasteiger partial charge in [0.15, 0.2) is 0 Å². The van der Waals surface area contributed by atoms with Gasteiger partial charge in [0.25, 0.3) is 0 Å². The van der Waals surface area contributed by atoms with Crippen LogP contribution in [0.1, 0.15) is 22.8 Å². The molecule has 0 unspecified atom stereocenters. The average Bonchev–Trinajstić information content (AvgIpc) is 2.61. The first-order chi connectivity index (χ1) is 12.0. The molecule has 0 bridgehead atoms. The van der Waals surface area contributed by atoms with Crippen LogP contribution < -0.4 is 5.32 Å². The van der Waals surface area contributed by atoms with E-state index in [4.69, 9.17) is 5.11 Å². The standard InChI is InChI=1S/C20H16N2O3/c1-13(15-7-6-14-4-2-3-5-16(14)11-15)10-19(23)22-18-12-21-9-8-17(18)20(24)25/h2-12H,1H3,(H,22,23)(H,24,25)/b13-10-. The summed E-state index contributed by atoms with van der Waals surface area (Å²) in [6.07, 6.45) is 4.14. The molecule has 25 heavy (non-hydrogen) atoms. The molecule has 3 rings (SSSR count). The number of allylic oxidation sites excluding steroid dienone is 1. The fourth-order valence-corrected chi connectivity index (χ4v) is 2.56. The fraction of sp³-hybridized carbons (Fsp3) is 0.0500. The van der Waals surface area contributed by atoms with Crippen LogP contribution in [0.15, 0.2) is 67.0 Å². The molecule has 0 aliphatic heterocycles. The number of carbonyl (C=O) groups excluding carboxylic acids is 1. The molecule has 3 aromatic rings. The number of anilines is 1. The van der Waals surface area contributed by atoms with E-state index in [1.165, 1.54) is 24.5 Å². The minimum Gasteiger partial charge on any atom is -0.478 e. The third kappa shape index (κ3) is 3.72. The molecular formula is C20H16N2O3. The molecule has 0 saturated carbocycles. The summed E-state index contributed by atoms with van der Waals surface area (Å²) in [5, 5.41) is 13.9. The molecule has 124 valence electrons. The van der Waals surface area contributed by atoms with Gasteiger partial charge in [-0.1, -0.05) is 36.4 Å². The zero-order valence-corrected chi connectivity index (χ0v) is 13.6. The maximum Gasteiger partial charge on any atom is 0.337 e. The van der Waals surface area contributed by atoms with Crippen LogP contribution in [0.5, 0.6) is 0 Å². The highest BCUT2D eigenvalue weighted by Gasteiger charge is 2.11. The molecule has 1 aromatic heterocycles. The number of carbonyl (C=O) groups is 2. The largest absolute Gasteiger partial charge is 0.478 e. The topological polar surface area (TPSA) is 79.3 Å². The highest BCUT2D eigenvalue weighted by molar-refractivity contribution is 6.07. The number of rotatable bonds is 4. The van der Waals surface area contributed by atoms with Gasteiger partial charge in [0.1, 0.15) is 0 Å². The first-order valence-corrected chi connectivity index (χ1v) is 7.70. The SMILES string of the molecule is C/C(=C/C(=O)Nc1cnccc1C(=O)O)c1ccc2ccccc2c1. The number of pyridine rings is 1. The molecular weight excluding hydrogens is 316 g/mol. The highest BCUT2D eigenvalue weighted by Crippen LogP contribution is 2.21. The lowest BCUT2D eigenvalue weighted by Gasteiger charge is -2.07. The molecule has 5 heteroatoms. The summed E-state index contributed by atoms with van der Waals surface area (Å²) >= 11 is 0. The number of aromatic nitrogens is 1. The van der Waals surface area contributed by atoms with Crippen molar-refractivity contribution in [2.45, 2.75) is 6.92 Å². The summed E-state index contributed by atoms with van der Waals surface area (Å²) < 4.78 is 0. The van der Waals surface area contributed by atoms with E-state index in [2.05, 4.69) is 10.3 Å². The van der Waals surface area contributed by atoms with Gasteiger partial charge in [-0.05, 0) is 41.0 Å². The van der Waals surface area contributed by atoms with Gasteiger partial charge in [-0.25, -0.2) is 4.79 Å². The predicted molar refractivity (Wildman–Crippen MR) is 97.4 cm³/mol. The van der Waals surface area contributed by atoms with Crippen LogP contribution in [0.25, 0.3) is 16.3 Å². The number of amides is 1. The Morgan fingerprint density at radius 1 is 1.08 bits per heavy atom. The molecule has 0 saturated heterocycles. The molecule has 0 aliphatic rings. The predicted octanol–water partition coefficient (Wildman–Crippen LogP) is 3.98. The van der Waals surface area contributed by atoms with Crippen molar-refractivity contribution in [2.24, 2.45) is 0 Å². The molecule has 0 spiro atoms. The number of nitrogens with one attached hydrogen (secondary N) is 1. The number of fused-ring (bicyclic) bond motifs is 1. The zero-order chi connectivity index (χ0) is 17.8. The smallest absolute Gasteiger partial charge is 0.337 e. The minimum atomic E-state index is -1.12. The van der Waals surface area contributed by atoms with Crippen molar-refractivity contribution in [2.75, 3.05) is 5.32 Å². The molecule has 1 heterocycles. The Labute approximate surface area is 144 Å². The summed E-state index contributed by atoms with van der Waals surface area (Å²) in [7, 11) is 0. The Morgan fingerprint density at radius 2 is 1.84 bits per heavy atom. The number of hydrogen-bond acceptors (Lipinski definition) is 3. The number of benzene rings is 2. The first kappa shape index (κ1) is 16.4. The zero-order valence-electron chi connectivity index (χ0n) is 13.6. The van der Waals surface area contributed by atoms with Crippen molar-refractivity contribution in [3.63, 3.8) is 0 Å². The summed E-state index contributed by atoms with van der Waals surface area (Å²) in [6, 6.07) is 15.3. The highest BCUT2D eigenvalue weighted by atomic mass is 16.4. The lowest BCUT2D eigenvalue weighted by atomic mass is 10.0. The van der Waals surface area contributed by atoms with E-state index in [9.17, 15) is 9.59 Å². The van der Waals surface area contributed by atoms with E-state index < -0.39 is 11.9 Å². The third-order valence-corrected chi connectivity index (χ3v) is 3.86. The van der Waals surface area contributed by atoms with Crippen molar-refractivity contribution in [3.8, 4) is 0 Å². The Balaban J connectivity index is 1.84. The number of carboxylic acid groups (broad SMARTS) is 1. The second-order valence-electron chi connectivity index (χ2n) is 5.60. The monoisotopic (exact) mass is 332 g/mol. The van der Waals surface area contributed by atoms with Crippen LogP contribution in [-0.4, -0.2) is 22.0 Å². The maximum atomic E-state index is 12.2. The first-order valence-electron chi connectivity index (χ1n) is 7.70. The van der Waals surface area contributed by atoms with Gasteiger partial charge in [0, 0.05) is 12.3 Å². The Morgan fingerprint density at radius 3 is 2.60 bits per heavy atom. The molecule has 1 amide bonds. The van der Waals surface area contributed by atoms with Crippen molar-refractivity contribution in [1.29, 1.82) is 0 Å². The van der Waals surface area contributed by atoms with Gasteiger partial charge in [-0.15, -0.1) is 0 Å². The lowest BCUT2D eigenvalue weighted by molar-refractivity contribution is -0.111. The third-order valence-electron chi connectivity index (χ3n) is 3.86. The molecule has 0 fully saturated rings. The van der Waals surface area contributed by atoms with E-state index >= 15 is 0 Å². The normalized spacial score (nSPS) is 11.3. The summed E-state index contributed by atoms with van der Waals surface area (Å²) in [4.78, 5) is 27.3. The van der Waals surface area contributed by atoms with Gasteiger partial charge in [0.2, 0.25) is 5.91 Å². The van der Waals surface area contributed by atoms with Gasteiger partial charge in [-0.2, -0.15) is 0 Å². The molecule has 0 atom stereocenters. The van der Waals surface area contributed by atoms with E-state index in [1.807, 2.05) is 49.4 Å². The Hall–Kier alpha value is -3.47. The van der Waals surface area contributed by atoms with Gasteiger partial charge in [0.05, 0.1) is 17.4 Å². The molecule has 5 nitrogen and oxygen atoms in total. The Bertz CT molecular complexity index is 993.